The van der Waals surface area contributed by atoms with Crippen LogP contribution in [0.5, 0.6) is 0 Å². The number of aliphatic hydroxyl groups excluding tert-OH is 1. The topological polar surface area (TPSA) is 166 Å². The third-order valence-corrected chi connectivity index (χ3v) is 9.43. The van der Waals surface area contributed by atoms with Gasteiger partial charge in [0.05, 0.1) is 36.2 Å². The third-order valence-electron chi connectivity index (χ3n) is 7.62. The van der Waals surface area contributed by atoms with Crippen LogP contribution in [-0.2, 0) is 30.7 Å². The summed E-state index contributed by atoms with van der Waals surface area (Å²) in [5, 5.41) is 14.3. The summed E-state index contributed by atoms with van der Waals surface area (Å²) in [5.74, 6) is -0.0398. The third kappa shape index (κ3) is 8.18. The quantitative estimate of drug-likeness (QED) is 0.256. The molecule has 4 rings (SSSR count). The fourth-order valence-electron chi connectivity index (χ4n) is 5.38. The van der Waals surface area contributed by atoms with E-state index in [1.165, 1.54) is 16.4 Å². The highest BCUT2D eigenvalue weighted by atomic mass is 32.2. The molecule has 12 heteroatoms. The van der Waals surface area contributed by atoms with Gasteiger partial charge in [-0.3, -0.25) is 0 Å². The van der Waals surface area contributed by atoms with E-state index in [1.807, 2.05) is 44.2 Å². The summed E-state index contributed by atoms with van der Waals surface area (Å²) in [4.78, 5) is 13.1. The second-order valence-electron chi connectivity index (χ2n) is 11.5. The standard InChI is InChI=1S/C29H42N4O7S/c1-29(2,12-13-30)19-33(41(36,37)22-10-6-9-21(31)16-22)17-25(34)24(15-20-7-4-3-5-8-20)32-28(35)40-26-18-39-27-23(26)11-14-38-27/h3-10,16,23-27,34H,11-15,17-19,30-31H2,1-2H3,(H,32,35)/t23?,24-,25?,26?,27?/m0/s1. The molecule has 2 aliphatic rings. The number of alkyl carbamates (subject to hydrolysis) is 1. The number of nitrogen functional groups attached to an aromatic ring is 1. The molecule has 41 heavy (non-hydrogen) atoms. The number of hydrogen-bond acceptors (Lipinski definition) is 9. The first-order valence-electron chi connectivity index (χ1n) is 14.0. The first kappa shape index (κ1) is 31.2. The number of ether oxygens (including phenoxy) is 3. The normalized spacial score (nSPS) is 22.3. The van der Waals surface area contributed by atoms with E-state index >= 15 is 0 Å². The number of anilines is 1. The molecular weight excluding hydrogens is 548 g/mol. The molecule has 0 saturated carbocycles. The van der Waals surface area contributed by atoms with Gasteiger partial charge in [-0.05, 0) is 55.0 Å². The monoisotopic (exact) mass is 590 g/mol. The number of carbonyl (C=O) groups is 1. The Morgan fingerprint density at radius 2 is 1.95 bits per heavy atom. The van der Waals surface area contributed by atoms with Crippen LogP contribution in [0.2, 0.25) is 0 Å². The zero-order valence-corrected chi connectivity index (χ0v) is 24.5. The van der Waals surface area contributed by atoms with Crippen molar-refractivity contribution in [3.05, 3.63) is 60.2 Å². The van der Waals surface area contributed by atoms with Gasteiger partial charge in [-0.2, -0.15) is 4.31 Å². The lowest BCUT2D eigenvalue weighted by Gasteiger charge is -2.35. The number of hydrogen-bond donors (Lipinski definition) is 4. The first-order valence-corrected chi connectivity index (χ1v) is 15.4. The van der Waals surface area contributed by atoms with Crippen LogP contribution in [0.25, 0.3) is 0 Å². The summed E-state index contributed by atoms with van der Waals surface area (Å²) >= 11 is 0. The van der Waals surface area contributed by atoms with Gasteiger partial charge in [0.2, 0.25) is 10.0 Å². The molecule has 0 bridgehead atoms. The summed E-state index contributed by atoms with van der Waals surface area (Å²) < 4.78 is 45.7. The van der Waals surface area contributed by atoms with Crippen LogP contribution in [-0.4, -0.2) is 81.3 Å². The van der Waals surface area contributed by atoms with E-state index in [-0.39, 0.29) is 43.2 Å². The van der Waals surface area contributed by atoms with E-state index in [0.717, 1.165) is 12.0 Å². The lowest BCUT2D eigenvalue weighted by Crippen LogP contribution is -2.52. The van der Waals surface area contributed by atoms with Crippen molar-refractivity contribution in [3.63, 3.8) is 0 Å². The van der Waals surface area contributed by atoms with E-state index in [9.17, 15) is 18.3 Å². The molecule has 0 aliphatic carbocycles. The number of nitrogens with two attached hydrogens (primary N) is 2. The van der Waals surface area contributed by atoms with Crippen LogP contribution >= 0.6 is 0 Å². The minimum absolute atomic E-state index is 0.0230. The Hall–Kier alpha value is -2.74. The SMILES string of the molecule is CC(C)(CCN)CN(CC(O)[C@H](Cc1ccccc1)NC(=O)OC1COC2OCCC12)S(=O)(=O)c1cccc(N)c1. The molecule has 0 radical (unpaired) electrons. The Balaban J connectivity index is 1.56. The summed E-state index contributed by atoms with van der Waals surface area (Å²) in [6.45, 7) is 4.84. The van der Waals surface area contributed by atoms with E-state index < -0.39 is 39.8 Å². The summed E-state index contributed by atoms with van der Waals surface area (Å²) in [6, 6.07) is 14.6. The van der Waals surface area contributed by atoms with Crippen LogP contribution in [0.15, 0.2) is 59.5 Å². The van der Waals surface area contributed by atoms with E-state index in [2.05, 4.69) is 5.32 Å². The van der Waals surface area contributed by atoms with Crippen molar-refractivity contribution in [2.45, 2.75) is 62.5 Å². The number of benzene rings is 2. The predicted molar refractivity (Wildman–Crippen MR) is 154 cm³/mol. The predicted octanol–water partition coefficient (Wildman–Crippen LogP) is 2.09. The molecule has 5 atom stereocenters. The summed E-state index contributed by atoms with van der Waals surface area (Å²) in [6.07, 6.45) is -1.26. The molecule has 0 spiro atoms. The Morgan fingerprint density at radius 3 is 2.66 bits per heavy atom. The largest absolute Gasteiger partial charge is 0.443 e. The van der Waals surface area contributed by atoms with Gasteiger partial charge in [0, 0.05) is 18.8 Å². The maximum atomic E-state index is 13.8. The fraction of sp³-hybridized carbons (Fsp3) is 0.552. The van der Waals surface area contributed by atoms with Crippen LogP contribution < -0.4 is 16.8 Å². The first-order chi connectivity index (χ1) is 19.5. The Bertz CT molecular complexity index is 1260. The Labute approximate surface area is 242 Å². The van der Waals surface area contributed by atoms with Crippen molar-refractivity contribution in [3.8, 4) is 0 Å². The minimum atomic E-state index is -4.06. The van der Waals surface area contributed by atoms with Crippen LogP contribution in [0.1, 0.15) is 32.3 Å². The summed E-state index contributed by atoms with van der Waals surface area (Å²) in [5.41, 5.74) is 12.4. The highest BCUT2D eigenvalue weighted by Gasteiger charge is 2.44. The lowest BCUT2D eigenvalue weighted by atomic mass is 9.89. The number of fused-ring (bicyclic) bond motifs is 1. The molecule has 2 aromatic rings. The average molecular weight is 591 g/mol. The van der Waals surface area contributed by atoms with Gasteiger partial charge in [0.15, 0.2) is 6.29 Å². The molecule has 1 amide bonds. The second-order valence-corrected chi connectivity index (χ2v) is 13.5. The summed E-state index contributed by atoms with van der Waals surface area (Å²) in [7, 11) is -4.06. The maximum Gasteiger partial charge on any atom is 0.407 e. The fourth-order valence-corrected chi connectivity index (χ4v) is 7.08. The van der Waals surface area contributed by atoms with Crippen molar-refractivity contribution in [2.24, 2.45) is 17.1 Å². The number of rotatable bonds is 13. The molecule has 0 aromatic heterocycles. The molecule has 2 saturated heterocycles. The number of carbonyl (C=O) groups excluding carboxylic acids is 1. The number of nitrogens with one attached hydrogen (secondary N) is 1. The Morgan fingerprint density at radius 1 is 1.20 bits per heavy atom. The molecule has 4 unspecified atom stereocenters. The maximum absolute atomic E-state index is 13.8. The highest BCUT2D eigenvalue weighted by molar-refractivity contribution is 7.89. The molecule has 6 N–H and O–H groups in total. The lowest BCUT2D eigenvalue weighted by molar-refractivity contribution is -0.0907. The average Bonchev–Trinajstić information content (AvgIpc) is 3.53. The van der Waals surface area contributed by atoms with Crippen LogP contribution in [0, 0.1) is 11.3 Å². The number of aliphatic hydroxyl groups is 1. The van der Waals surface area contributed by atoms with Crippen molar-refractivity contribution in [2.75, 3.05) is 38.6 Å². The number of sulfonamides is 1. The van der Waals surface area contributed by atoms with Crippen molar-refractivity contribution in [1.29, 1.82) is 0 Å². The molecule has 2 heterocycles. The van der Waals surface area contributed by atoms with Crippen molar-refractivity contribution in [1.82, 2.24) is 9.62 Å². The zero-order valence-electron chi connectivity index (χ0n) is 23.6. The zero-order chi connectivity index (χ0) is 29.6. The van der Waals surface area contributed by atoms with E-state index in [1.54, 1.807) is 12.1 Å². The molecule has 226 valence electrons. The highest BCUT2D eigenvalue weighted by Crippen LogP contribution is 2.33. The molecule has 11 nitrogen and oxygen atoms in total. The van der Waals surface area contributed by atoms with Gasteiger partial charge >= 0.3 is 6.09 Å². The Kier molecular flexibility index (Phi) is 10.3. The second kappa shape index (κ2) is 13.5. The van der Waals surface area contributed by atoms with Crippen LogP contribution in [0.4, 0.5) is 10.5 Å². The smallest absolute Gasteiger partial charge is 0.407 e. The number of amides is 1. The molecular formula is C29H42N4O7S. The van der Waals surface area contributed by atoms with Gasteiger partial charge in [0.1, 0.15) is 6.10 Å². The van der Waals surface area contributed by atoms with Gasteiger partial charge in [-0.1, -0.05) is 50.2 Å². The van der Waals surface area contributed by atoms with Crippen molar-refractivity contribution < 1.29 is 32.5 Å². The van der Waals surface area contributed by atoms with Gasteiger partial charge in [-0.25, -0.2) is 13.2 Å². The number of nitrogens with zero attached hydrogens (tertiary/aromatic N) is 1. The van der Waals surface area contributed by atoms with Crippen molar-refractivity contribution >= 4 is 21.8 Å². The van der Waals surface area contributed by atoms with E-state index in [0.29, 0.717) is 25.3 Å². The van der Waals surface area contributed by atoms with E-state index in [4.69, 9.17) is 25.7 Å². The molecule has 2 aromatic carbocycles. The van der Waals surface area contributed by atoms with Gasteiger partial charge in [-0.15, -0.1) is 0 Å². The molecule has 2 aliphatic heterocycles. The minimum Gasteiger partial charge on any atom is -0.443 e. The van der Waals surface area contributed by atoms with Gasteiger partial charge < -0.3 is 36.1 Å². The molecule has 2 fully saturated rings. The van der Waals surface area contributed by atoms with Crippen LogP contribution in [0.3, 0.4) is 0 Å². The van der Waals surface area contributed by atoms with Gasteiger partial charge in [0.25, 0.3) is 0 Å².